The lowest BCUT2D eigenvalue weighted by molar-refractivity contribution is 0.0571. The third-order valence-electron chi connectivity index (χ3n) is 3.75. The second-order valence-corrected chi connectivity index (χ2v) is 7.08. The first-order chi connectivity index (χ1) is 9.86. The van der Waals surface area contributed by atoms with Crippen molar-refractivity contribution >= 4 is 16.0 Å². The van der Waals surface area contributed by atoms with Gasteiger partial charge in [0.15, 0.2) is 0 Å². The zero-order chi connectivity index (χ0) is 15.6. The lowest BCUT2D eigenvalue weighted by Crippen LogP contribution is -2.42. The smallest absolute Gasteiger partial charge is 0.335 e. The summed E-state index contributed by atoms with van der Waals surface area (Å²) in [6.45, 7) is 2.37. The number of methoxy groups -OCH3 is 1. The minimum atomic E-state index is -3.69. The molecule has 21 heavy (non-hydrogen) atoms. The molecule has 0 saturated carbocycles. The van der Waals surface area contributed by atoms with Gasteiger partial charge >= 0.3 is 5.97 Å². The molecule has 7 heteroatoms. The summed E-state index contributed by atoms with van der Waals surface area (Å²) in [7, 11) is -2.12. The molecule has 1 saturated heterocycles. The van der Waals surface area contributed by atoms with E-state index in [0.29, 0.717) is 18.7 Å². The maximum atomic E-state index is 12.6. The SMILES string of the molecule is COC1CCCN(S(=O)(=O)c2ccc(C)c(C(=O)O)c2)C1. The van der Waals surface area contributed by atoms with Gasteiger partial charge < -0.3 is 9.84 Å². The van der Waals surface area contributed by atoms with E-state index in [1.807, 2.05) is 0 Å². The van der Waals surface area contributed by atoms with Gasteiger partial charge in [0, 0.05) is 20.2 Å². The third-order valence-corrected chi connectivity index (χ3v) is 5.61. The van der Waals surface area contributed by atoms with Crippen LogP contribution >= 0.6 is 0 Å². The van der Waals surface area contributed by atoms with Gasteiger partial charge in [-0.3, -0.25) is 0 Å². The summed E-state index contributed by atoms with van der Waals surface area (Å²) in [4.78, 5) is 11.2. The average Bonchev–Trinajstić information content (AvgIpc) is 2.47. The van der Waals surface area contributed by atoms with E-state index in [-0.39, 0.29) is 16.6 Å². The molecule has 6 nitrogen and oxygen atoms in total. The van der Waals surface area contributed by atoms with E-state index in [2.05, 4.69) is 0 Å². The molecule has 0 aliphatic carbocycles. The quantitative estimate of drug-likeness (QED) is 0.910. The van der Waals surface area contributed by atoms with E-state index in [9.17, 15) is 13.2 Å². The molecular formula is C14H19NO5S. The van der Waals surface area contributed by atoms with Gasteiger partial charge in [-0.15, -0.1) is 0 Å². The molecule has 116 valence electrons. The first-order valence-corrected chi connectivity index (χ1v) is 8.17. The maximum absolute atomic E-state index is 12.6. The second kappa shape index (κ2) is 6.13. The summed E-state index contributed by atoms with van der Waals surface area (Å²) in [5.74, 6) is -1.13. The molecule has 1 aromatic rings. The first-order valence-electron chi connectivity index (χ1n) is 6.73. The molecule has 1 N–H and O–H groups in total. The summed E-state index contributed by atoms with van der Waals surface area (Å²) in [5.41, 5.74) is 0.547. The van der Waals surface area contributed by atoms with E-state index in [4.69, 9.17) is 9.84 Å². The maximum Gasteiger partial charge on any atom is 0.335 e. The Kier molecular flexibility index (Phi) is 4.65. The topological polar surface area (TPSA) is 83.9 Å². The third kappa shape index (κ3) is 3.25. The van der Waals surface area contributed by atoms with Crippen LogP contribution in [-0.2, 0) is 14.8 Å². The number of carboxylic acids is 1. The Morgan fingerprint density at radius 3 is 2.76 bits per heavy atom. The highest BCUT2D eigenvalue weighted by Crippen LogP contribution is 2.23. The van der Waals surface area contributed by atoms with Crippen molar-refractivity contribution in [2.45, 2.75) is 30.8 Å². The molecule has 1 aliphatic heterocycles. The van der Waals surface area contributed by atoms with Gasteiger partial charge in [0.05, 0.1) is 16.6 Å². The van der Waals surface area contributed by atoms with E-state index in [1.165, 1.54) is 22.5 Å². The second-order valence-electron chi connectivity index (χ2n) is 5.14. The van der Waals surface area contributed by atoms with Crippen molar-refractivity contribution in [1.29, 1.82) is 0 Å². The van der Waals surface area contributed by atoms with Crippen molar-refractivity contribution in [3.8, 4) is 0 Å². The van der Waals surface area contributed by atoms with Gasteiger partial charge in [-0.05, 0) is 37.5 Å². The fourth-order valence-electron chi connectivity index (χ4n) is 2.46. The van der Waals surface area contributed by atoms with Crippen LogP contribution in [0, 0.1) is 6.92 Å². The standard InChI is InChI=1S/C14H19NO5S/c1-10-5-6-12(8-13(10)14(16)17)21(18,19)15-7-3-4-11(9-15)20-2/h5-6,8,11H,3-4,7,9H2,1-2H3,(H,16,17). The van der Waals surface area contributed by atoms with Crippen molar-refractivity contribution in [3.05, 3.63) is 29.3 Å². The van der Waals surface area contributed by atoms with E-state index < -0.39 is 16.0 Å². The number of rotatable bonds is 4. The van der Waals surface area contributed by atoms with Gasteiger partial charge in [0.1, 0.15) is 0 Å². The van der Waals surface area contributed by atoms with Crippen molar-refractivity contribution in [2.24, 2.45) is 0 Å². The number of hydrogen-bond acceptors (Lipinski definition) is 4. The van der Waals surface area contributed by atoms with Crippen molar-refractivity contribution in [3.63, 3.8) is 0 Å². The monoisotopic (exact) mass is 313 g/mol. The van der Waals surface area contributed by atoms with Gasteiger partial charge in [-0.2, -0.15) is 4.31 Å². The van der Waals surface area contributed by atoms with Crippen LogP contribution in [0.2, 0.25) is 0 Å². The molecule has 0 bridgehead atoms. The highest BCUT2D eigenvalue weighted by molar-refractivity contribution is 7.89. The highest BCUT2D eigenvalue weighted by atomic mass is 32.2. The van der Waals surface area contributed by atoms with Gasteiger partial charge in [-0.1, -0.05) is 6.07 Å². The number of piperidine rings is 1. The van der Waals surface area contributed by atoms with Crippen LogP contribution in [-0.4, -0.2) is 50.1 Å². The highest BCUT2D eigenvalue weighted by Gasteiger charge is 2.30. The molecule has 1 aliphatic rings. The molecule has 1 unspecified atom stereocenters. The summed E-state index contributed by atoms with van der Waals surface area (Å²) in [6, 6.07) is 4.20. The van der Waals surface area contributed by atoms with Crippen LogP contribution in [0.15, 0.2) is 23.1 Å². The molecule has 1 atom stereocenters. The van der Waals surface area contributed by atoms with Gasteiger partial charge in [-0.25, -0.2) is 13.2 Å². The van der Waals surface area contributed by atoms with Crippen molar-refractivity contribution in [2.75, 3.05) is 20.2 Å². The van der Waals surface area contributed by atoms with Crippen LogP contribution in [0.5, 0.6) is 0 Å². The number of aromatic carboxylic acids is 1. The predicted octanol–water partition coefficient (Wildman–Crippen LogP) is 1.49. The zero-order valence-electron chi connectivity index (χ0n) is 12.1. The Morgan fingerprint density at radius 2 is 2.14 bits per heavy atom. The number of benzene rings is 1. The first kappa shape index (κ1) is 15.9. The Bertz CT molecular complexity index is 641. The van der Waals surface area contributed by atoms with Crippen molar-refractivity contribution in [1.82, 2.24) is 4.31 Å². The summed E-state index contributed by atoms with van der Waals surface area (Å²) in [6.07, 6.45) is 1.45. The number of aryl methyl sites for hydroxylation is 1. The van der Waals surface area contributed by atoms with Crippen LogP contribution < -0.4 is 0 Å². The van der Waals surface area contributed by atoms with Crippen molar-refractivity contribution < 1.29 is 23.1 Å². The summed E-state index contributed by atoms with van der Waals surface area (Å²) < 4.78 is 31.8. The molecule has 0 aromatic heterocycles. The minimum Gasteiger partial charge on any atom is -0.478 e. The van der Waals surface area contributed by atoms with Gasteiger partial charge in [0.25, 0.3) is 0 Å². The number of nitrogens with zero attached hydrogens (tertiary/aromatic N) is 1. The Balaban J connectivity index is 2.35. The fourth-order valence-corrected chi connectivity index (χ4v) is 3.99. The Morgan fingerprint density at radius 1 is 1.43 bits per heavy atom. The molecular weight excluding hydrogens is 294 g/mol. The fraction of sp³-hybridized carbons (Fsp3) is 0.500. The minimum absolute atomic E-state index is 0.0105. The lowest BCUT2D eigenvalue weighted by Gasteiger charge is -2.31. The molecule has 2 rings (SSSR count). The normalized spacial score (nSPS) is 20.4. The van der Waals surface area contributed by atoms with Crippen LogP contribution in [0.3, 0.4) is 0 Å². The van der Waals surface area contributed by atoms with E-state index >= 15 is 0 Å². The molecule has 0 spiro atoms. The van der Waals surface area contributed by atoms with Crippen LogP contribution in [0.4, 0.5) is 0 Å². The molecule has 0 radical (unpaired) electrons. The number of carbonyl (C=O) groups is 1. The molecule has 1 aromatic carbocycles. The number of ether oxygens (including phenoxy) is 1. The lowest BCUT2D eigenvalue weighted by atomic mass is 10.1. The van der Waals surface area contributed by atoms with Crippen LogP contribution in [0.25, 0.3) is 0 Å². The predicted molar refractivity (Wildman–Crippen MR) is 76.9 cm³/mol. The summed E-state index contributed by atoms with van der Waals surface area (Å²) >= 11 is 0. The number of hydrogen-bond donors (Lipinski definition) is 1. The average molecular weight is 313 g/mol. The van der Waals surface area contributed by atoms with Crippen LogP contribution in [0.1, 0.15) is 28.8 Å². The van der Waals surface area contributed by atoms with Gasteiger partial charge in [0.2, 0.25) is 10.0 Å². The largest absolute Gasteiger partial charge is 0.478 e. The summed E-state index contributed by atoms with van der Waals surface area (Å²) in [5, 5.41) is 9.12. The Labute approximate surface area is 124 Å². The molecule has 1 heterocycles. The van der Waals surface area contributed by atoms with E-state index in [0.717, 1.165) is 12.8 Å². The zero-order valence-corrected chi connectivity index (χ0v) is 12.9. The number of carboxylic acid groups (broad SMARTS) is 1. The Hall–Kier alpha value is -1.44. The molecule has 0 amide bonds. The molecule has 1 fully saturated rings. The number of sulfonamides is 1. The van der Waals surface area contributed by atoms with E-state index in [1.54, 1.807) is 14.0 Å².